The lowest BCUT2D eigenvalue weighted by molar-refractivity contribution is -0.115. The van der Waals surface area contributed by atoms with Crippen LogP contribution in [0.4, 0.5) is 5.69 Å². The van der Waals surface area contributed by atoms with E-state index in [1.807, 2.05) is 0 Å². The lowest BCUT2D eigenvalue weighted by Crippen LogP contribution is -2.21. The van der Waals surface area contributed by atoms with E-state index in [0.717, 1.165) is 4.47 Å². The van der Waals surface area contributed by atoms with Crippen LogP contribution in [0.5, 0.6) is 11.5 Å². The molecule has 17 heavy (non-hydrogen) atoms. The Labute approximate surface area is 116 Å². The standard InChI is InChI=1S/C11H11Br2NO3/c1-6(12)11(15)14-8-5-10-9(4-7(8)13)16-2-3-17-10/h4-6H,2-3H2,1H3,(H,14,15). The van der Waals surface area contributed by atoms with Crippen LogP contribution in [0.2, 0.25) is 0 Å². The van der Waals surface area contributed by atoms with E-state index in [-0.39, 0.29) is 10.7 Å². The van der Waals surface area contributed by atoms with Gasteiger partial charge < -0.3 is 14.8 Å². The van der Waals surface area contributed by atoms with Crippen molar-refractivity contribution in [1.29, 1.82) is 0 Å². The first kappa shape index (κ1) is 12.7. The second-order valence-corrected chi connectivity index (χ2v) is 5.81. The van der Waals surface area contributed by atoms with E-state index >= 15 is 0 Å². The van der Waals surface area contributed by atoms with Gasteiger partial charge in [0.25, 0.3) is 0 Å². The van der Waals surface area contributed by atoms with Crippen LogP contribution < -0.4 is 14.8 Å². The molecule has 2 rings (SSSR count). The molecule has 1 N–H and O–H groups in total. The smallest absolute Gasteiger partial charge is 0.237 e. The molecule has 1 aromatic rings. The third kappa shape index (κ3) is 2.93. The number of rotatable bonds is 2. The summed E-state index contributed by atoms with van der Waals surface area (Å²) in [5.41, 5.74) is 0.672. The fourth-order valence-corrected chi connectivity index (χ4v) is 1.93. The molecule has 1 amide bonds. The predicted molar refractivity (Wildman–Crippen MR) is 72.2 cm³/mol. The maximum atomic E-state index is 11.6. The van der Waals surface area contributed by atoms with Gasteiger partial charge in [-0.3, -0.25) is 4.79 Å². The molecular formula is C11H11Br2NO3. The molecule has 0 aromatic heterocycles. The van der Waals surface area contributed by atoms with Crippen LogP contribution in [0.25, 0.3) is 0 Å². The highest BCUT2D eigenvalue weighted by atomic mass is 79.9. The summed E-state index contributed by atoms with van der Waals surface area (Å²) >= 11 is 6.60. The lowest BCUT2D eigenvalue weighted by Gasteiger charge is -2.20. The van der Waals surface area contributed by atoms with Crippen LogP contribution >= 0.6 is 31.9 Å². The van der Waals surface area contributed by atoms with E-state index in [4.69, 9.17) is 9.47 Å². The number of ether oxygens (including phenoxy) is 2. The molecule has 1 atom stereocenters. The van der Waals surface area contributed by atoms with Gasteiger partial charge in [0.15, 0.2) is 11.5 Å². The predicted octanol–water partition coefficient (Wildman–Crippen LogP) is 2.94. The van der Waals surface area contributed by atoms with Crippen molar-refractivity contribution in [3.05, 3.63) is 16.6 Å². The van der Waals surface area contributed by atoms with Crippen LogP contribution in [0, 0.1) is 0 Å². The summed E-state index contributed by atoms with van der Waals surface area (Å²) in [4.78, 5) is 11.3. The van der Waals surface area contributed by atoms with Crippen molar-refractivity contribution >= 4 is 43.5 Å². The van der Waals surface area contributed by atoms with E-state index in [1.165, 1.54) is 0 Å². The molecule has 0 spiro atoms. The molecule has 0 saturated heterocycles. The van der Waals surface area contributed by atoms with Crippen molar-refractivity contribution < 1.29 is 14.3 Å². The van der Waals surface area contributed by atoms with Gasteiger partial charge in [0, 0.05) is 16.6 Å². The first-order valence-electron chi connectivity index (χ1n) is 5.12. The zero-order valence-corrected chi connectivity index (χ0v) is 12.3. The molecule has 1 heterocycles. The third-order valence-electron chi connectivity index (χ3n) is 2.25. The Hall–Kier alpha value is -0.750. The quantitative estimate of drug-likeness (QED) is 0.821. The number of fused-ring (bicyclic) bond motifs is 1. The van der Waals surface area contributed by atoms with E-state index in [9.17, 15) is 4.79 Å². The first-order valence-corrected chi connectivity index (χ1v) is 6.83. The van der Waals surface area contributed by atoms with Gasteiger partial charge in [0.1, 0.15) is 13.2 Å². The molecule has 0 aliphatic carbocycles. The number of anilines is 1. The number of carbonyl (C=O) groups excluding carboxylic acids is 1. The topological polar surface area (TPSA) is 47.6 Å². The van der Waals surface area contributed by atoms with E-state index in [2.05, 4.69) is 37.2 Å². The zero-order chi connectivity index (χ0) is 12.4. The van der Waals surface area contributed by atoms with Crippen molar-refractivity contribution in [2.45, 2.75) is 11.8 Å². The Kier molecular flexibility index (Phi) is 3.93. The Balaban J connectivity index is 2.26. The maximum Gasteiger partial charge on any atom is 0.237 e. The zero-order valence-electron chi connectivity index (χ0n) is 9.13. The number of hydrogen-bond acceptors (Lipinski definition) is 3. The number of carbonyl (C=O) groups is 1. The van der Waals surface area contributed by atoms with Gasteiger partial charge >= 0.3 is 0 Å². The Morgan fingerprint density at radius 2 is 1.94 bits per heavy atom. The van der Waals surface area contributed by atoms with E-state index < -0.39 is 0 Å². The van der Waals surface area contributed by atoms with Crippen molar-refractivity contribution in [2.24, 2.45) is 0 Å². The summed E-state index contributed by atoms with van der Waals surface area (Å²) in [6, 6.07) is 3.55. The number of nitrogens with one attached hydrogen (secondary N) is 1. The summed E-state index contributed by atoms with van der Waals surface area (Å²) in [5, 5.41) is 2.79. The van der Waals surface area contributed by atoms with Crippen LogP contribution in [0.1, 0.15) is 6.92 Å². The Bertz CT molecular complexity index is 449. The molecule has 1 aliphatic heterocycles. The molecule has 1 aliphatic rings. The third-order valence-corrected chi connectivity index (χ3v) is 3.32. The monoisotopic (exact) mass is 363 g/mol. The van der Waals surface area contributed by atoms with Crippen LogP contribution in [-0.2, 0) is 4.79 Å². The summed E-state index contributed by atoms with van der Waals surface area (Å²) in [6.07, 6.45) is 0. The highest BCUT2D eigenvalue weighted by Gasteiger charge is 2.17. The highest BCUT2D eigenvalue weighted by Crippen LogP contribution is 2.38. The molecule has 0 radical (unpaired) electrons. The lowest BCUT2D eigenvalue weighted by atomic mass is 10.2. The second-order valence-electron chi connectivity index (χ2n) is 3.58. The number of amides is 1. The molecule has 0 saturated carbocycles. The molecule has 0 fully saturated rings. The van der Waals surface area contributed by atoms with Gasteiger partial charge in [-0.05, 0) is 22.9 Å². The van der Waals surface area contributed by atoms with Gasteiger partial charge in [0.05, 0.1) is 10.5 Å². The minimum Gasteiger partial charge on any atom is -0.486 e. The van der Waals surface area contributed by atoms with Gasteiger partial charge in [-0.2, -0.15) is 0 Å². The van der Waals surface area contributed by atoms with Gasteiger partial charge in [-0.1, -0.05) is 15.9 Å². The van der Waals surface area contributed by atoms with E-state index in [1.54, 1.807) is 19.1 Å². The summed E-state index contributed by atoms with van der Waals surface area (Å²) in [7, 11) is 0. The number of alkyl halides is 1. The summed E-state index contributed by atoms with van der Waals surface area (Å²) < 4.78 is 11.7. The summed E-state index contributed by atoms with van der Waals surface area (Å²) in [6.45, 7) is 2.84. The fourth-order valence-electron chi connectivity index (χ4n) is 1.39. The fraction of sp³-hybridized carbons (Fsp3) is 0.364. The highest BCUT2D eigenvalue weighted by molar-refractivity contribution is 9.10. The normalized spacial score (nSPS) is 15.2. The number of hydrogen-bond donors (Lipinski definition) is 1. The van der Waals surface area contributed by atoms with Gasteiger partial charge in [0.2, 0.25) is 5.91 Å². The minimum absolute atomic E-state index is 0.109. The molecule has 1 aromatic carbocycles. The van der Waals surface area contributed by atoms with Crippen molar-refractivity contribution in [3.8, 4) is 11.5 Å². The Morgan fingerprint density at radius 1 is 1.35 bits per heavy atom. The van der Waals surface area contributed by atoms with Crippen LogP contribution in [0.15, 0.2) is 16.6 Å². The average molecular weight is 365 g/mol. The van der Waals surface area contributed by atoms with E-state index in [0.29, 0.717) is 30.4 Å². The van der Waals surface area contributed by atoms with Crippen molar-refractivity contribution in [1.82, 2.24) is 0 Å². The molecule has 92 valence electrons. The minimum atomic E-state index is -0.248. The summed E-state index contributed by atoms with van der Waals surface area (Å²) in [5.74, 6) is 1.23. The largest absolute Gasteiger partial charge is 0.486 e. The molecule has 6 heteroatoms. The SMILES string of the molecule is CC(Br)C(=O)Nc1cc2c(cc1Br)OCCO2. The first-order chi connectivity index (χ1) is 8.08. The van der Waals surface area contributed by atoms with Gasteiger partial charge in [-0.25, -0.2) is 0 Å². The number of benzene rings is 1. The molecule has 4 nitrogen and oxygen atoms in total. The van der Waals surface area contributed by atoms with Crippen LogP contribution in [-0.4, -0.2) is 23.9 Å². The Morgan fingerprint density at radius 3 is 2.53 bits per heavy atom. The second kappa shape index (κ2) is 5.27. The van der Waals surface area contributed by atoms with Crippen molar-refractivity contribution in [2.75, 3.05) is 18.5 Å². The van der Waals surface area contributed by atoms with Crippen molar-refractivity contribution in [3.63, 3.8) is 0 Å². The number of halogens is 2. The maximum absolute atomic E-state index is 11.6. The molecule has 1 unspecified atom stereocenters. The average Bonchev–Trinajstić information content (AvgIpc) is 2.29. The van der Waals surface area contributed by atoms with Crippen LogP contribution in [0.3, 0.4) is 0 Å². The molecule has 0 bridgehead atoms. The van der Waals surface area contributed by atoms with Gasteiger partial charge in [-0.15, -0.1) is 0 Å². The molecular weight excluding hydrogens is 354 g/mol.